The summed E-state index contributed by atoms with van der Waals surface area (Å²) in [5.41, 5.74) is 7.09. The van der Waals surface area contributed by atoms with Crippen LogP contribution < -0.4 is 14.2 Å². The Labute approximate surface area is 392 Å². The van der Waals surface area contributed by atoms with Gasteiger partial charge in [0.25, 0.3) is 0 Å². The van der Waals surface area contributed by atoms with E-state index < -0.39 is 10.8 Å². The Morgan fingerprint density at radius 2 is 1.25 bits per heavy atom. The summed E-state index contributed by atoms with van der Waals surface area (Å²) in [7, 11) is 0. The van der Waals surface area contributed by atoms with Crippen LogP contribution in [-0.2, 0) is 11.2 Å². The lowest BCUT2D eigenvalue weighted by Crippen LogP contribution is -2.36. The van der Waals surface area contributed by atoms with E-state index in [0.29, 0.717) is 72.5 Å². The van der Waals surface area contributed by atoms with Crippen molar-refractivity contribution in [2.75, 3.05) is 46.2 Å². The molecule has 3 aromatic rings. The van der Waals surface area contributed by atoms with Crippen molar-refractivity contribution in [3.63, 3.8) is 0 Å². The average Bonchev–Trinajstić information content (AvgIpc) is 3.30. The second-order valence-corrected chi connectivity index (χ2v) is 19.2. The summed E-state index contributed by atoms with van der Waals surface area (Å²) in [6, 6.07) is 16.9. The smallest absolute Gasteiger partial charge is 0.136 e. The zero-order valence-electron chi connectivity index (χ0n) is 40.9. The molecule has 0 saturated heterocycles. The third-order valence-corrected chi connectivity index (χ3v) is 13.5. The van der Waals surface area contributed by atoms with Crippen LogP contribution in [0.25, 0.3) is 22.3 Å². The Bertz CT molecular complexity index is 1970. The highest BCUT2D eigenvalue weighted by atomic mass is 16.5. The molecule has 0 bridgehead atoms. The number of rotatable bonds is 30. The predicted molar refractivity (Wildman–Crippen MR) is 268 cm³/mol. The van der Waals surface area contributed by atoms with E-state index in [2.05, 4.69) is 70.5 Å². The number of aliphatic hydroxyl groups is 4. The number of ether oxygens (including phenoxy) is 4. The molecule has 1 aliphatic carbocycles. The topological polar surface area (TPSA) is 118 Å². The summed E-state index contributed by atoms with van der Waals surface area (Å²) in [5.74, 6) is 3.94. The standard InChI is InChI=1S/C57H82O8/c1-11-14-15-17-45-19-21-46(22-20-45)47-23-24-53(42(8)28-47)49-29-48(18-16-27-62-43(9)40(4)5)55(54(32-49)65-44(10)41(6)7)50-30-51(63-38-56(34-58,35-59)25-12-2)33-52(31-50)64-39-57(36-60,37-61)26-13-3/h23-24,28-33,45-46,58-61H,4,6,9-22,25-27,34-39H2,1-3,5,7-8H3. The molecule has 1 aliphatic rings. The first-order valence-corrected chi connectivity index (χ1v) is 24.3. The fourth-order valence-corrected chi connectivity index (χ4v) is 9.13. The van der Waals surface area contributed by atoms with E-state index in [0.717, 1.165) is 52.1 Å². The highest BCUT2D eigenvalue weighted by Crippen LogP contribution is 2.45. The lowest BCUT2D eigenvalue weighted by molar-refractivity contribution is 0.00542. The predicted octanol–water partition coefficient (Wildman–Crippen LogP) is 13.0. The Kier molecular flexibility index (Phi) is 21.4. The third-order valence-electron chi connectivity index (χ3n) is 13.5. The zero-order chi connectivity index (χ0) is 47.6. The van der Waals surface area contributed by atoms with Crippen LogP contribution in [-0.4, -0.2) is 66.7 Å². The summed E-state index contributed by atoms with van der Waals surface area (Å²) >= 11 is 0. The zero-order valence-corrected chi connectivity index (χ0v) is 40.9. The number of hydrogen-bond donors (Lipinski definition) is 4. The number of benzene rings is 3. The molecule has 0 radical (unpaired) electrons. The number of aliphatic hydroxyl groups excluding tert-OH is 4. The van der Waals surface area contributed by atoms with Crippen LogP contribution in [0.4, 0.5) is 0 Å². The van der Waals surface area contributed by atoms with E-state index in [1.54, 1.807) is 6.07 Å². The summed E-state index contributed by atoms with van der Waals surface area (Å²) in [6.45, 7) is 28.3. The summed E-state index contributed by atoms with van der Waals surface area (Å²) in [6.07, 6.45) is 14.4. The van der Waals surface area contributed by atoms with Gasteiger partial charge in [-0.05, 0) is 147 Å². The Morgan fingerprint density at radius 3 is 1.75 bits per heavy atom. The maximum absolute atomic E-state index is 10.4. The van der Waals surface area contributed by atoms with Gasteiger partial charge in [0.05, 0.1) is 57.1 Å². The number of hydrogen-bond acceptors (Lipinski definition) is 8. The van der Waals surface area contributed by atoms with Gasteiger partial charge >= 0.3 is 0 Å². The normalized spacial score (nSPS) is 15.4. The van der Waals surface area contributed by atoms with Crippen molar-refractivity contribution < 1.29 is 39.4 Å². The number of unbranched alkanes of at least 4 members (excludes halogenated alkanes) is 2. The SMILES string of the molecule is C=C(C)C(=C)OCCCc1cc(-c2ccc(C3CCC(CCCCC)CC3)cc2C)cc(OC(=C)C(=C)C)c1-c1cc(OCC(CO)(CO)CCC)cc(OCC(CO)(CO)CCC)c1. The minimum atomic E-state index is -0.842. The molecule has 4 rings (SSSR count). The van der Waals surface area contributed by atoms with Crippen molar-refractivity contribution in [3.8, 4) is 39.5 Å². The maximum Gasteiger partial charge on any atom is 0.136 e. The van der Waals surface area contributed by atoms with Crippen LogP contribution in [0.5, 0.6) is 17.2 Å². The Hall–Kier alpha value is -4.34. The fraction of sp³-hybridized carbons (Fsp3) is 0.544. The van der Waals surface area contributed by atoms with Gasteiger partial charge < -0.3 is 39.4 Å². The maximum atomic E-state index is 10.4. The van der Waals surface area contributed by atoms with Crippen molar-refractivity contribution >= 4 is 0 Å². The molecule has 1 fully saturated rings. The molecule has 8 heteroatoms. The van der Waals surface area contributed by atoms with Crippen molar-refractivity contribution in [2.24, 2.45) is 16.7 Å². The monoisotopic (exact) mass is 895 g/mol. The van der Waals surface area contributed by atoms with Crippen LogP contribution in [0.2, 0.25) is 0 Å². The van der Waals surface area contributed by atoms with Crippen molar-refractivity contribution in [2.45, 2.75) is 137 Å². The average molecular weight is 895 g/mol. The van der Waals surface area contributed by atoms with Crippen LogP contribution in [0.1, 0.15) is 141 Å². The van der Waals surface area contributed by atoms with Crippen molar-refractivity contribution in [1.29, 1.82) is 0 Å². The van der Waals surface area contributed by atoms with Crippen LogP contribution in [0.15, 0.2) is 97.5 Å². The molecule has 358 valence electrons. The van der Waals surface area contributed by atoms with E-state index in [1.165, 1.54) is 62.5 Å². The molecule has 1 saturated carbocycles. The summed E-state index contributed by atoms with van der Waals surface area (Å²) in [5, 5.41) is 41.7. The van der Waals surface area contributed by atoms with Gasteiger partial charge in [-0.2, -0.15) is 0 Å². The number of aryl methyl sites for hydroxylation is 2. The van der Waals surface area contributed by atoms with E-state index >= 15 is 0 Å². The van der Waals surface area contributed by atoms with Gasteiger partial charge in [-0.15, -0.1) is 0 Å². The van der Waals surface area contributed by atoms with E-state index in [-0.39, 0.29) is 39.6 Å². The van der Waals surface area contributed by atoms with Gasteiger partial charge in [0.2, 0.25) is 0 Å². The molecule has 0 aromatic heterocycles. The molecule has 0 atom stereocenters. The molecular formula is C57H82O8. The highest BCUT2D eigenvalue weighted by molar-refractivity contribution is 5.82. The minimum Gasteiger partial charge on any atom is -0.494 e. The van der Waals surface area contributed by atoms with Gasteiger partial charge in [-0.25, -0.2) is 0 Å². The van der Waals surface area contributed by atoms with Crippen molar-refractivity contribution in [1.82, 2.24) is 0 Å². The quantitative estimate of drug-likeness (QED) is 0.0297. The molecule has 3 aromatic carbocycles. The molecule has 0 amide bonds. The number of allylic oxidation sites excluding steroid dienone is 2. The van der Waals surface area contributed by atoms with Crippen LogP contribution in [0, 0.1) is 23.7 Å². The lowest BCUT2D eigenvalue weighted by Gasteiger charge is -2.30. The van der Waals surface area contributed by atoms with Gasteiger partial charge in [0.15, 0.2) is 0 Å². The summed E-state index contributed by atoms with van der Waals surface area (Å²) < 4.78 is 25.7. The van der Waals surface area contributed by atoms with E-state index in [9.17, 15) is 20.4 Å². The first-order chi connectivity index (χ1) is 31.2. The van der Waals surface area contributed by atoms with E-state index in [4.69, 9.17) is 18.9 Å². The Balaban J connectivity index is 1.89. The largest absolute Gasteiger partial charge is 0.494 e. The molecule has 8 nitrogen and oxygen atoms in total. The first-order valence-electron chi connectivity index (χ1n) is 24.3. The molecule has 4 N–H and O–H groups in total. The van der Waals surface area contributed by atoms with E-state index in [1.807, 2.05) is 39.8 Å². The molecule has 0 spiro atoms. The molecule has 0 unspecified atom stereocenters. The fourth-order valence-electron chi connectivity index (χ4n) is 9.13. The van der Waals surface area contributed by atoms with Crippen LogP contribution in [0.3, 0.4) is 0 Å². The van der Waals surface area contributed by atoms with Gasteiger partial charge in [0, 0.05) is 11.6 Å². The Morgan fingerprint density at radius 1 is 0.662 bits per heavy atom. The van der Waals surface area contributed by atoms with Gasteiger partial charge in [-0.3, -0.25) is 0 Å². The minimum absolute atomic E-state index is 0.0744. The molecule has 0 aliphatic heterocycles. The third kappa shape index (κ3) is 15.1. The molecular weight excluding hydrogens is 813 g/mol. The second kappa shape index (κ2) is 26.1. The summed E-state index contributed by atoms with van der Waals surface area (Å²) in [4.78, 5) is 0. The first kappa shape index (κ1) is 53.3. The van der Waals surface area contributed by atoms with Crippen molar-refractivity contribution in [3.05, 3.63) is 114 Å². The van der Waals surface area contributed by atoms with Gasteiger partial charge in [-0.1, -0.05) is 110 Å². The molecule has 0 heterocycles. The molecule has 65 heavy (non-hydrogen) atoms. The van der Waals surface area contributed by atoms with Crippen LogP contribution >= 0.6 is 0 Å². The highest BCUT2D eigenvalue weighted by Gasteiger charge is 2.31. The lowest BCUT2D eigenvalue weighted by atomic mass is 9.76. The van der Waals surface area contributed by atoms with Gasteiger partial charge in [0.1, 0.15) is 28.8 Å². The second-order valence-electron chi connectivity index (χ2n) is 19.2.